The number of hydrogen-bond acceptors (Lipinski definition) is 6. The van der Waals surface area contributed by atoms with Crippen molar-refractivity contribution in [2.45, 2.75) is 70.3 Å². The molecule has 0 spiro atoms. The van der Waals surface area contributed by atoms with Gasteiger partial charge in [-0.3, -0.25) is 9.20 Å². The molecule has 1 aliphatic rings. The number of aliphatic carboxylic acids is 1. The first-order valence-corrected chi connectivity index (χ1v) is 12.3. The summed E-state index contributed by atoms with van der Waals surface area (Å²) in [5.74, 6) is -2.67. The van der Waals surface area contributed by atoms with Gasteiger partial charge in [-0.2, -0.15) is 13.2 Å². The standard InChI is InChI=1S/C20H26N4OS2.C2HF3O2/c1-19(2)9-13(10-20(3,4)23-19)21-17(25)8-14-12-27-18-22-15(11-24(14)18)16-6-5-7-26-16;3-2(4,5)1(6)7/h5-7,11-13,23H,8-10H2,1-4H3,(H,21,25);(H,6,7). The average molecular weight is 517 g/mol. The molecule has 3 N–H and O–H groups in total. The van der Waals surface area contributed by atoms with E-state index >= 15 is 0 Å². The minimum atomic E-state index is -5.08. The third-order valence-corrected chi connectivity index (χ3v) is 6.98. The zero-order valence-electron chi connectivity index (χ0n) is 19.2. The molecular formula is C22H27F3N4O3S2. The molecule has 12 heteroatoms. The van der Waals surface area contributed by atoms with E-state index < -0.39 is 12.1 Å². The van der Waals surface area contributed by atoms with Crippen LogP contribution in [0.3, 0.4) is 0 Å². The Bertz CT molecular complexity index is 1130. The number of nitrogens with zero attached hydrogens (tertiary/aromatic N) is 2. The summed E-state index contributed by atoms with van der Waals surface area (Å²) in [5.41, 5.74) is 2.01. The van der Waals surface area contributed by atoms with Gasteiger partial charge >= 0.3 is 12.1 Å². The minimum absolute atomic E-state index is 0.0231. The third kappa shape index (κ3) is 6.80. The number of alkyl halides is 3. The summed E-state index contributed by atoms with van der Waals surface area (Å²) in [5, 5.41) is 18.1. The number of hydrogen-bond donors (Lipinski definition) is 3. The Kier molecular flexibility index (Phi) is 7.44. The molecule has 1 saturated heterocycles. The minimum Gasteiger partial charge on any atom is -0.475 e. The van der Waals surface area contributed by atoms with Crippen LogP contribution in [-0.2, 0) is 16.0 Å². The SMILES string of the molecule is CC1(C)CC(NC(=O)Cc2csc3nc(-c4cccs4)cn23)CC(C)(C)N1.O=C(O)C(F)(F)F. The fourth-order valence-corrected chi connectivity index (χ4v) is 5.92. The Morgan fingerprint density at radius 2 is 1.85 bits per heavy atom. The Hall–Kier alpha value is -2.44. The molecule has 7 nitrogen and oxygen atoms in total. The maximum absolute atomic E-state index is 12.7. The predicted octanol–water partition coefficient (Wildman–Crippen LogP) is 4.73. The number of carbonyl (C=O) groups excluding carboxylic acids is 1. The normalized spacial score (nSPS) is 17.7. The summed E-state index contributed by atoms with van der Waals surface area (Å²) < 4.78 is 33.8. The van der Waals surface area contributed by atoms with Crippen LogP contribution in [0.2, 0.25) is 0 Å². The van der Waals surface area contributed by atoms with E-state index in [1.54, 1.807) is 22.7 Å². The van der Waals surface area contributed by atoms with Gasteiger partial charge in [0.15, 0.2) is 4.96 Å². The summed E-state index contributed by atoms with van der Waals surface area (Å²) in [4.78, 5) is 28.4. The molecule has 0 aromatic carbocycles. The topological polar surface area (TPSA) is 95.7 Å². The summed E-state index contributed by atoms with van der Waals surface area (Å²) >= 11 is 3.27. The molecule has 4 rings (SSSR count). The lowest BCUT2D eigenvalue weighted by atomic mass is 9.79. The summed E-state index contributed by atoms with van der Waals surface area (Å²) in [6.45, 7) is 8.81. The molecule has 34 heavy (non-hydrogen) atoms. The van der Waals surface area contributed by atoms with Crippen LogP contribution in [-0.4, -0.2) is 49.7 Å². The number of nitrogens with one attached hydrogen (secondary N) is 2. The number of thiophene rings is 1. The molecule has 0 aliphatic carbocycles. The number of thiazole rings is 1. The van der Waals surface area contributed by atoms with E-state index in [9.17, 15) is 18.0 Å². The molecular weight excluding hydrogens is 489 g/mol. The first kappa shape index (κ1) is 26.2. The van der Waals surface area contributed by atoms with Gasteiger partial charge in [0.1, 0.15) is 5.69 Å². The van der Waals surface area contributed by atoms with E-state index in [1.165, 1.54) is 0 Å². The summed E-state index contributed by atoms with van der Waals surface area (Å²) in [7, 11) is 0. The number of carboxylic acid groups (broad SMARTS) is 1. The zero-order chi connectivity index (χ0) is 25.3. The number of carbonyl (C=O) groups is 2. The lowest BCUT2D eigenvalue weighted by Gasteiger charge is -2.46. The first-order chi connectivity index (χ1) is 15.7. The fraction of sp³-hybridized carbons (Fsp3) is 0.500. The molecule has 3 aromatic heterocycles. The molecule has 0 radical (unpaired) electrons. The van der Waals surface area contributed by atoms with Crippen LogP contribution in [0.5, 0.6) is 0 Å². The predicted molar refractivity (Wildman–Crippen MR) is 126 cm³/mol. The van der Waals surface area contributed by atoms with Gasteiger partial charge in [-0.05, 0) is 52.0 Å². The second kappa shape index (κ2) is 9.67. The van der Waals surface area contributed by atoms with Crippen molar-refractivity contribution in [2.75, 3.05) is 0 Å². The van der Waals surface area contributed by atoms with Gasteiger partial charge in [-0.15, -0.1) is 22.7 Å². The van der Waals surface area contributed by atoms with Crippen molar-refractivity contribution in [1.82, 2.24) is 20.0 Å². The zero-order valence-corrected chi connectivity index (χ0v) is 20.8. The average Bonchev–Trinajstić information content (AvgIpc) is 3.36. The lowest BCUT2D eigenvalue weighted by molar-refractivity contribution is -0.192. The van der Waals surface area contributed by atoms with Crippen molar-refractivity contribution in [3.63, 3.8) is 0 Å². The monoisotopic (exact) mass is 516 g/mol. The van der Waals surface area contributed by atoms with E-state index in [0.717, 1.165) is 34.1 Å². The van der Waals surface area contributed by atoms with Gasteiger partial charge in [-0.1, -0.05) is 6.07 Å². The van der Waals surface area contributed by atoms with E-state index in [2.05, 4.69) is 59.2 Å². The van der Waals surface area contributed by atoms with Gasteiger partial charge in [0.25, 0.3) is 0 Å². The molecule has 1 aliphatic heterocycles. The Labute approximate surface area is 203 Å². The van der Waals surface area contributed by atoms with Crippen molar-refractivity contribution in [3.05, 3.63) is 34.8 Å². The quantitative estimate of drug-likeness (QED) is 0.466. The molecule has 0 bridgehead atoms. The van der Waals surface area contributed by atoms with Gasteiger partial charge in [0.05, 0.1) is 11.3 Å². The molecule has 0 atom stereocenters. The van der Waals surface area contributed by atoms with Crippen LogP contribution < -0.4 is 10.6 Å². The molecule has 0 saturated carbocycles. The van der Waals surface area contributed by atoms with Crippen LogP contribution in [0.4, 0.5) is 13.2 Å². The number of carboxylic acids is 1. The van der Waals surface area contributed by atoms with Crippen molar-refractivity contribution < 1.29 is 27.9 Å². The van der Waals surface area contributed by atoms with E-state index in [1.807, 2.05) is 17.6 Å². The number of aromatic nitrogens is 2. The fourth-order valence-electron chi connectivity index (χ4n) is 4.37. The van der Waals surface area contributed by atoms with Crippen LogP contribution in [0.1, 0.15) is 46.2 Å². The maximum atomic E-state index is 12.7. The third-order valence-electron chi connectivity index (χ3n) is 5.20. The highest BCUT2D eigenvalue weighted by atomic mass is 32.1. The van der Waals surface area contributed by atoms with Crippen molar-refractivity contribution in [1.29, 1.82) is 0 Å². The van der Waals surface area contributed by atoms with Crippen molar-refractivity contribution >= 4 is 39.5 Å². The lowest BCUT2D eigenvalue weighted by Crippen LogP contribution is -2.62. The van der Waals surface area contributed by atoms with Gasteiger partial charge in [0, 0.05) is 34.4 Å². The van der Waals surface area contributed by atoms with Crippen LogP contribution in [0, 0.1) is 0 Å². The number of halogens is 3. The molecule has 186 valence electrons. The molecule has 1 amide bonds. The summed E-state index contributed by atoms with van der Waals surface area (Å²) in [6, 6.07) is 4.30. The number of piperidine rings is 1. The molecule has 0 unspecified atom stereocenters. The van der Waals surface area contributed by atoms with E-state index in [0.29, 0.717) is 6.42 Å². The van der Waals surface area contributed by atoms with Crippen molar-refractivity contribution in [2.24, 2.45) is 0 Å². The Balaban J connectivity index is 0.000000406. The largest absolute Gasteiger partial charge is 0.490 e. The van der Waals surface area contributed by atoms with Gasteiger partial charge in [-0.25, -0.2) is 9.78 Å². The molecule has 1 fully saturated rings. The van der Waals surface area contributed by atoms with Crippen LogP contribution >= 0.6 is 22.7 Å². The first-order valence-electron chi connectivity index (χ1n) is 10.5. The Morgan fingerprint density at radius 1 is 1.24 bits per heavy atom. The number of rotatable bonds is 4. The highest BCUT2D eigenvalue weighted by molar-refractivity contribution is 7.15. The van der Waals surface area contributed by atoms with Gasteiger partial charge in [0.2, 0.25) is 5.91 Å². The van der Waals surface area contributed by atoms with E-state index in [4.69, 9.17) is 9.90 Å². The second-order valence-corrected chi connectivity index (χ2v) is 11.3. The smallest absolute Gasteiger partial charge is 0.475 e. The molecule has 3 aromatic rings. The second-order valence-electron chi connectivity index (χ2n) is 9.53. The van der Waals surface area contributed by atoms with Gasteiger partial charge < -0.3 is 15.7 Å². The number of imidazole rings is 1. The number of amides is 1. The van der Waals surface area contributed by atoms with Crippen LogP contribution in [0.25, 0.3) is 15.5 Å². The highest BCUT2D eigenvalue weighted by Gasteiger charge is 2.39. The Morgan fingerprint density at radius 3 is 2.38 bits per heavy atom. The highest BCUT2D eigenvalue weighted by Crippen LogP contribution is 2.29. The number of fused-ring (bicyclic) bond motifs is 1. The van der Waals surface area contributed by atoms with E-state index in [-0.39, 0.29) is 23.0 Å². The summed E-state index contributed by atoms with van der Waals surface area (Å²) in [6.07, 6.45) is -0.786. The van der Waals surface area contributed by atoms with Crippen molar-refractivity contribution in [3.8, 4) is 10.6 Å². The van der Waals surface area contributed by atoms with Crippen LogP contribution in [0.15, 0.2) is 29.1 Å². The maximum Gasteiger partial charge on any atom is 0.490 e. The molecule has 4 heterocycles.